The van der Waals surface area contributed by atoms with Gasteiger partial charge in [-0.15, -0.1) is 0 Å². The summed E-state index contributed by atoms with van der Waals surface area (Å²) in [6.45, 7) is 6.24. The third-order valence-corrected chi connectivity index (χ3v) is 1.35. The van der Waals surface area contributed by atoms with Gasteiger partial charge in [0.1, 0.15) is 0 Å². The van der Waals surface area contributed by atoms with E-state index in [0.29, 0.717) is 6.10 Å². The number of rotatable bonds is 0. The summed E-state index contributed by atoms with van der Waals surface area (Å²) >= 11 is 0. The smallest absolute Gasteiger partial charge is 0.581 e. The Kier molecular flexibility index (Phi) is 4.73. The van der Waals surface area contributed by atoms with E-state index in [1.165, 1.54) is 5.57 Å². The first-order valence-corrected chi connectivity index (χ1v) is 4.13. The number of ether oxygens (including phenoxy) is 1. The Labute approximate surface area is 80.5 Å². The maximum atomic E-state index is 9.75. The number of hydrogen-bond donors (Lipinski definition) is 0. The van der Waals surface area contributed by atoms with Gasteiger partial charge in [-0.3, -0.25) is 0 Å². The Morgan fingerprint density at radius 3 is 1.93 bits per heavy atom. The predicted molar refractivity (Wildman–Crippen MR) is 49.4 cm³/mol. The van der Waals surface area contributed by atoms with Crippen molar-refractivity contribution in [3.63, 3.8) is 0 Å². The van der Waals surface area contributed by atoms with Crippen LogP contribution in [-0.2, 0) is 0 Å². The molecule has 14 heavy (non-hydrogen) atoms. The summed E-state index contributed by atoms with van der Waals surface area (Å²) < 4.78 is 43.3. The Balaban J connectivity index is 0.000000292. The van der Waals surface area contributed by atoms with Gasteiger partial charge in [0.2, 0.25) is 5.76 Å². The summed E-state index contributed by atoms with van der Waals surface area (Å²) in [5.41, 5.74) is 1.33. The van der Waals surface area contributed by atoms with Crippen LogP contribution in [0.2, 0.25) is 0 Å². The van der Waals surface area contributed by atoms with Gasteiger partial charge in [0.25, 0.3) is 0 Å². The van der Waals surface area contributed by atoms with E-state index in [1.807, 2.05) is 6.92 Å². The van der Waals surface area contributed by atoms with Gasteiger partial charge in [-0.1, -0.05) is 0 Å². The van der Waals surface area contributed by atoms with Crippen LogP contribution in [0.1, 0.15) is 20.8 Å². The molecule has 0 aromatic heterocycles. The lowest BCUT2D eigenvalue weighted by Crippen LogP contribution is -2.12. The predicted octanol–water partition coefficient (Wildman–Crippen LogP) is 3.07. The molecule has 1 N–H and O–H groups in total. The second-order valence-electron chi connectivity index (χ2n) is 3.06. The lowest BCUT2D eigenvalue weighted by molar-refractivity contribution is -0.00723. The molecule has 0 fully saturated rings. The van der Waals surface area contributed by atoms with Gasteiger partial charge in [0.05, 0.1) is 0 Å². The van der Waals surface area contributed by atoms with Crippen LogP contribution < -0.4 is 0 Å². The van der Waals surface area contributed by atoms with E-state index in [9.17, 15) is 17.3 Å². The Hall–Kier alpha value is -0.935. The molecule has 0 aromatic carbocycles. The van der Waals surface area contributed by atoms with E-state index < -0.39 is 7.25 Å². The highest BCUT2D eigenvalue weighted by atomic mass is 19.5. The Bertz CT molecular complexity index is 238. The molecule has 0 saturated heterocycles. The van der Waals surface area contributed by atoms with E-state index in [1.54, 1.807) is 0 Å². The van der Waals surface area contributed by atoms with Gasteiger partial charge in [-0.05, 0) is 12.5 Å². The first-order valence-electron chi connectivity index (χ1n) is 4.13. The molecule has 1 rings (SSSR count). The topological polar surface area (TPSA) is 12.8 Å². The van der Waals surface area contributed by atoms with Crippen LogP contribution in [-0.4, -0.2) is 18.1 Å². The second kappa shape index (κ2) is 5.07. The number of hydrogen-bond acceptors (Lipinski definition) is 0. The van der Waals surface area contributed by atoms with Gasteiger partial charge in [-0.2, -0.15) is 0 Å². The maximum absolute atomic E-state index is 9.75. The van der Waals surface area contributed by atoms with Crippen LogP contribution in [0.15, 0.2) is 23.5 Å². The van der Waals surface area contributed by atoms with E-state index in [4.69, 9.17) is 0 Å². The highest BCUT2D eigenvalue weighted by Crippen LogP contribution is 2.11. The molecule has 0 radical (unpaired) electrons. The molecule has 82 valence electrons. The lowest BCUT2D eigenvalue weighted by Gasteiger charge is -2.13. The van der Waals surface area contributed by atoms with Crippen LogP contribution >= 0.6 is 0 Å². The first kappa shape index (κ1) is 13.1. The fraction of sp³-hybridized carbons (Fsp3) is 0.500. The van der Waals surface area contributed by atoms with Crippen LogP contribution in [0.4, 0.5) is 17.3 Å². The third-order valence-electron chi connectivity index (χ3n) is 1.35. The third kappa shape index (κ3) is 9.16. The summed E-state index contributed by atoms with van der Waals surface area (Å²) in [6, 6.07) is 0. The molecule has 0 spiro atoms. The molecule has 1 nitrogen and oxygen atoms in total. The summed E-state index contributed by atoms with van der Waals surface area (Å²) in [7, 11) is -6.00. The molecule has 0 amide bonds. The minimum absolute atomic E-state index is 0.384. The average Bonchev–Trinajstić information content (AvgIpc) is 1.77. The molecule has 0 aromatic rings. The number of aliphatic hydroxyl groups is 2. The normalized spacial score (nSPS) is 21.2. The maximum Gasteiger partial charge on any atom is 0.673 e. The van der Waals surface area contributed by atoms with Gasteiger partial charge < -0.3 is 22.0 Å². The monoisotopic (exact) mass is 212 g/mol. The van der Waals surface area contributed by atoms with E-state index >= 15 is 0 Å². The highest BCUT2D eigenvalue weighted by molar-refractivity contribution is 6.50. The largest absolute Gasteiger partial charge is 0.673 e. The minimum atomic E-state index is -6.00. The van der Waals surface area contributed by atoms with Crippen LogP contribution in [0.25, 0.3) is 0 Å². The van der Waals surface area contributed by atoms with Crippen LogP contribution in [0.5, 0.6) is 0 Å². The number of halogens is 4. The molecule has 0 aliphatic carbocycles. The molecule has 1 heterocycles. The van der Waals surface area contributed by atoms with Crippen LogP contribution in [0, 0.1) is 0 Å². The molecular weight excluding hydrogens is 199 g/mol. The van der Waals surface area contributed by atoms with Crippen molar-refractivity contribution in [1.82, 2.24) is 0 Å². The fourth-order valence-corrected chi connectivity index (χ4v) is 1.15. The van der Waals surface area contributed by atoms with Crippen molar-refractivity contribution in [2.75, 3.05) is 0 Å². The average molecular weight is 212 g/mol. The highest BCUT2D eigenvalue weighted by Gasteiger charge is 2.20. The molecular formula is C8H13BF4O. The zero-order chi connectivity index (χ0) is 11.4. The summed E-state index contributed by atoms with van der Waals surface area (Å²) in [5.74, 6) is 1.14. The lowest BCUT2D eigenvalue weighted by atomic mass is 10.2. The summed E-state index contributed by atoms with van der Waals surface area (Å²) in [5, 5.41) is 0. The molecule has 1 unspecified atom stereocenters. The van der Waals surface area contributed by atoms with Crippen molar-refractivity contribution in [3.05, 3.63) is 23.5 Å². The fourth-order valence-electron chi connectivity index (χ4n) is 1.15. The minimum Gasteiger partial charge on any atom is -0.581 e. The van der Waals surface area contributed by atoms with Gasteiger partial charge in [0, 0.05) is 26.0 Å². The second-order valence-corrected chi connectivity index (χ2v) is 3.06. The molecule has 1 aliphatic heterocycles. The zero-order valence-corrected chi connectivity index (χ0v) is 8.27. The van der Waals surface area contributed by atoms with E-state index in [2.05, 4.69) is 30.7 Å². The van der Waals surface area contributed by atoms with Crippen molar-refractivity contribution in [2.24, 2.45) is 0 Å². The van der Waals surface area contributed by atoms with Crippen molar-refractivity contribution in [3.8, 4) is 0 Å². The van der Waals surface area contributed by atoms with Crippen LogP contribution in [0.3, 0.4) is 0 Å². The molecule has 0 bridgehead atoms. The molecule has 1 atom stereocenters. The SMILES string of the molecule is CC1=CC(C)[OH+]C(C)=C1.F[B-](F)(F)F. The van der Waals surface area contributed by atoms with Crippen molar-refractivity contribution < 1.29 is 22.0 Å². The van der Waals surface area contributed by atoms with E-state index in [-0.39, 0.29) is 0 Å². The molecule has 0 saturated carbocycles. The number of allylic oxidation sites excluding steroid dienone is 3. The van der Waals surface area contributed by atoms with Gasteiger partial charge in [0.15, 0.2) is 6.10 Å². The van der Waals surface area contributed by atoms with Crippen molar-refractivity contribution in [1.29, 1.82) is 0 Å². The van der Waals surface area contributed by atoms with Crippen molar-refractivity contribution >= 4 is 7.25 Å². The molecule has 6 heteroatoms. The van der Waals surface area contributed by atoms with Gasteiger partial charge in [-0.25, -0.2) is 0 Å². The summed E-state index contributed by atoms with van der Waals surface area (Å²) in [6.07, 6.45) is 4.64. The Morgan fingerprint density at radius 2 is 1.64 bits per heavy atom. The zero-order valence-electron chi connectivity index (χ0n) is 8.27. The first-order chi connectivity index (χ1) is 6.18. The molecule has 1 aliphatic rings. The Morgan fingerprint density at radius 1 is 1.21 bits per heavy atom. The standard InChI is InChI=1S/C8H12O.BF4/c1-6-4-7(2)9-8(3)5-6;2-1(3,4)5/h4-5,7H,1-3H3;/q;-1/p+1. The quantitative estimate of drug-likeness (QED) is 0.332. The van der Waals surface area contributed by atoms with Crippen molar-refractivity contribution in [2.45, 2.75) is 26.9 Å². The van der Waals surface area contributed by atoms with Gasteiger partial charge >= 0.3 is 7.25 Å². The summed E-state index contributed by atoms with van der Waals surface area (Å²) in [4.78, 5) is 0. The van der Waals surface area contributed by atoms with E-state index in [0.717, 1.165) is 5.76 Å².